The zero-order chi connectivity index (χ0) is 19.8. The quantitative estimate of drug-likeness (QED) is 0.384. The van der Waals surface area contributed by atoms with E-state index in [0.29, 0.717) is 30.2 Å². The lowest BCUT2D eigenvalue weighted by Gasteiger charge is -2.16. The average Bonchev–Trinajstić information content (AvgIpc) is 2.67. The van der Waals surface area contributed by atoms with Crippen LogP contribution in [0, 0.1) is 27.3 Å². The highest BCUT2D eigenvalue weighted by atomic mass is 32.1. The van der Waals surface area contributed by atoms with Gasteiger partial charge in [-0.1, -0.05) is 12.1 Å². The van der Waals surface area contributed by atoms with Crippen LogP contribution in [0.1, 0.15) is 11.1 Å². The number of anilines is 1. The van der Waals surface area contributed by atoms with Crippen molar-refractivity contribution in [3.63, 3.8) is 0 Å². The summed E-state index contributed by atoms with van der Waals surface area (Å²) in [6.07, 6.45) is 0. The van der Waals surface area contributed by atoms with Crippen LogP contribution in [0.3, 0.4) is 0 Å². The summed E-state index contributed by atoms with van der Waals surface area (Å²) in [5.74, 6) is 0.329. The second-order valence-electron chi connectivity index (χ2n) is 6.06. The number of aromatic nitrogens is 2. The molecule has 0 aliphatic carbocycles. The van der Waals surface area contributed by atoms with Gasteiger partial charge in [0, 0.05) is 46.8 Å². The molecular formula is C18H24FN7S. The van der Waals surface area contributed by atoms with Gasteiger partial charge in [-0.25, -0.2) is 4.39 Å². The minimum Gasteiger partial charge on any atom is -0.369 e. The van der Waals surface area contributed by atoms with Crippen molar-refractivity contribution in [3.05, 3.63) is 51.5 Å². The van der Waals surface area contributed by atoms with Crippen LogP contribution in [0.25, 0.3) is 0 Å². The summed E-state index contributed by atoms with van der Waals surface area (Å²) in [7, 11) is 3.45. The molecule has 4 N–H and O–H groups in total. The van der Waals surface area contributed by atoms with Crippen molar-refractivity contribution >= 4 is 18.0 Å². The van der Waals surface area contributed by atoms with Crippen LogP contribution in [-0.2, 0) is 20.6 Å². The molecule has 1 aromatic heterocycles. The lowest BCUT2D eigenvalue weighted by Crippen LogP contribution is -2.32. The fourth-order valence-electron chi connectivity index (χ4n) is 2.58. The van der Waals surface area contributed by atoms with E-state index in [4.69, 9.17) is 17.6 Å². The van der Waals surface area contributed by atoms with Crippen LogP contribution in [0.5, 0.6) is 0 Å². The molecule has 0 saturated heterocycles. The zero-order valence-corrected chi connectivity index (χ0v) is 16.3. The zero-order valence-electron chi connectivity index (χ0n) is 15.5. The number of rotatable bonds is 9. The predicted octanol–water partition coefficient (Wildman–Crippen LogP) is 1.37. The van der Waals surface area contributed by atoms with Crippen molar-refractivity contribution < 1.29 is 4.39 Å². The maximum Gasteiger partial charge on any atom is 0.182 e. The fraction of sp³-hybridized carbons (Fsp3) is 0.389. The van der Waals surface area contributed by atoms with Gasteiger partial charge in [0.15, 0.2) is 4.77 Å². The van der Waals surface area contributed by atoms with Crippen molar-refractivity contribution in [3.8, 4) is 6.07 Å². The molecule has 144 valence electrons. The van der Waals surface area contributed by atoms with Gasteiger partial charge in [-0.15, -0.1) is 0 Å². The number of hydrogen-bond donors (Lipinski definition) is 4. The third-order valence-corrected chi connectivity index (χ3v) is 4.69. The van der Waals surface area contributed by atoms with Crippen molar-refractivity contribution in [1.29, 1.82) is 10.7 Å². The Balaban J connectivity index is 1.73. The van der Waals surface area contributed by atoms with Crippen LogP contribution in [-0.4, -0.2) is 35.3 Å². The molecule has 0 unspecified atom stereocenters. The minimum absolute atomic E-state index is 0.0982. The normalized spacial score (nSPS) is 10.6. The van der Waals surface area contributed by atoms with E-state index in [9.17, 15) is 9.65 Å². The first-order valence-corrected chi connectivity index (χ1v) is 9.01. The molecule has 2 rings (SSSR count). The Morgan fingerprint density at radius 2 is 1.70 bits per heavy atom. The third-order valence-electron chi connectivity index (χ3n) is 4.15. The van der Waals surface area contributed by atoms with Crippen LogP contribution >= 0.6 is 12.2 Å². The van der Waals surface area contributed by atoms with E-state index >= 15 is 0 Å². The molecule has 0 aliphatic rings. The molecule has 0 atom stereocenters. The van der Waals surface area contributed by atoms with Crippen molar-refractivity contribution in [2.24, 2.45) is 14.1 Å². The maximum atomic E-state index is 12.8. The molecular weight excluding hydrogens is 365 g/mol. The summed E-state index contributed by atoms with van der Waals surface area (Å²) in [5.41, 5.74) is 1.41. The summed E-state index contributed by atoms with van der Waals surface area (Å²) < 4.78 is 16.5. The Kier molecular flexibility index (Phi) is 7.67. The summed E-state index contributed by atoms with van der Waals surface area (Å²) >= 11 is 5.29. The van der Waals surface area contributed by atoms with E-state index in [1.807, 2.05) is 0 Å². The van der Waals surface area contributed by atoms with E-state index in [0.717, 1.165) is 18.7 Å². The van der Waals surface area contributed by atoms with E-state index < -0.39 is 0 Å². The van der Waals surface area contributed by atoms with E-state index in [1.165, 1.54) is 16.7 Å². The van der Waals surface area contributed by atoms with Crippen molar-refractivity contribution in [1.82, 2.24) is 19.8 Å². The number of nitrogens with zero attached hydrogens (tertiary/aromatic N) is 3. The molecule has 7 nitrogen and oxygen atoms in total. The van der Waals surface area contributed by atoms with Gasteiger partial charge in [0.2, 0.25) is 0 Å². The molecule has 0 aliphatic heterocycles. The molecule has 0 bridgehead atoms. The first kappa shape index (κ1) is 20.8. The minimum atomic E-state index is -0.228. The van der Waals surface area contributed by atoms with Gasteiger partial charge in [0.05, 0.1) is 0 Å². The SMILES string of the molecule is Cn1c(NCCNCCNCc2ccc(F)cc2)c(C#N)c(=N)n(C)c1=S. The van der Waals surface area contributed by atoms with Crippen LogP contribution in [0.15, 0.2) is 24.3 Å². The number of nitriles is 1. The molecule has 27 heavy (non-hydrogen) atoms. The number of benzene rings is 1. The Labute approximate surface area is 163 Å². The van der Waals surface area contributed by atoms with Gasteiger partial charge in [0.25, 0.3) is 0 Å². The Morgan fingerprint density at radius 3 is 2.37 bits per heavy atom. The number of nitrogens with one attached hydrogen (secondary N) is 4. The first-order chi connectivity index (χ1) is 13.0. The van der Waals surface area contributed by atoms with E-state index in [2.05, 4.69) is 22.0 Å². The highest BCUT2D eigenvalue weighted by Gasteiger charge is 2.10. The first-order valence-electron chi connectivity index (χ1n) is 8.60. The Bertz CT molecular complexity index is 925. The molecule has 0 amide bonds. The topological polar surface area (TPSA) is 93.6 Å². The van der Waals surface area contributed by atoms with Gasteiger partial charge in [-0.05, 0) is 29.9 Å². The molecule has 0 fully saturated rings. The average molecular weight is 390 g/mol. The van der Waals surface area contributed by atoms with Gasteiger partial charge in [-0.3, -0.25) is 5.41 Å². The Hall–Kier alpha value is -2.54. The van der Waals surface area contributed by atoms with Gasteiger partial charge < -0.3 is 25.1 Å². The summed E-state index contributed by atoms with van der Waals surface area (Å²) in [6.45, 7) is 3.55. The summed E-state index contributed by atoms with van der Waals surface area (Å²) in [6, 6.07) is 8.51. The molecule has 9 heteroatoms. The van der Waals surface area contributed by atoms with Crippen molar-refractivity contribution in [2.75, 3.05) is 31.5 Å². The largest absolute Gasteiger partial charge is 0.369 e. The molecule has 2 aromatic rings. The summed E-state index contributed by atoms with van der Waals surface area (Å²) in [5, 5.41) is 27.1. The van der Waals surface area contributed by atoms with Gasteiger partial charge in [-0.2, -0.15) is 5.26 Å². The van der Waals surface area contributed by atoms with Crippen LogP contribution < -0.4 is 21.4 Å². The lowest BCUT2D eigenvalue weighted by atomic mass is 10.2. The second kappa shape index (κ2) is 9.97. The molecule has 0 radical (unpaired) electrons. The lowest BCUT2D eigenvalue weighted by molar-refractivity contribution is 0.611. The van der Waals surface area contributed by atoms with Gasteiger partial charge in [0.1, 0.15) is 28.8 Å². The fourth-order valence-corrected chi connectivity index (χ4v) is 2.77. The predicted molar refractivity (Wildman–Crippen MR) is 105 cm³/mol. The molecule has 1 heterocycles. The van der Waals surface area contributed by atoms with Gasteiger partial charge >= 0.3 is 0 Å². The van der Waals surface area contributed by atoms with Crippen LogP contribution in [0.2, 0.25) is 0 Å². The number of halogens is 1. The molecule has 0 spiro atoms. The highest BCUT2D eigenvalue weighted by Crippen LogP contribution is 2.09. The number of hydrogen-bond acceptors (Lipinski definition) is 6. The van der Waals surface area contributed by atoms with E-state index in [-0.39, 0.29) is 16.9 Å². The standard InChI is InChI=1S/C18H24FN7S/c1-25-16(21)15(11-20)17(26(2)18(25)27)24-10-9-22-7-8-23-12-13-3-5-14(19)6-4-13/h3-6,21-24H,7-10,12H2,1-2H3. The Morgan fingerprint density at radius 1 is 1.07 bits per heavy atom. The highest BCUT2D eigenvalue weighted by molar-refractivity contribution is 7.71. The van der Waals surface area contributed by atoms with Crippen LogP contribution in [0.4, 0.5) is 10.2 Å². The maximum absolute atomic E-state index is 12.8. The molecule has 0 saturated carbocycles. The van der Waals surface area contributed by atoms with Crippen molar-refractivity contribution in [2.45, 2.75) is 6.54 Å². The summed E-state index contributed by atoms with van der Waals surface area (Å²) in [4.78, 5) is 0. The molecule has 1 aromatic carbocycles. The monoisotopic (exact) mass is 389 g/mol. The second-order valence-corrected chi connectivity index (χ2v) is 6.43. The smallest absolute Gasteiger partial charge is 0.182 e. The van der Waals surface area contributed by atoms with E-state index in [1.54, 1.807) is 30.8 Å². The third kappa shape index (κ3) is 5.47.